The van der Waals surface area contributed by atoms with Gasteiger partial charge in [-0.3, -0.25) is 9.69 Å². The van der Waals surface area contributed by atoms with Crippen molar-refractivity contribution >= 4 is 17.3 Å². The number of hydrogen-bond acceptors (Lipinski definition) is 4. The lowest BCUT2D eigenvalue weighted by Gasteiger charge is -2.25. The van der Waals surface area contributed by atoms with Gasteiger partial charge in [-0.1, -0.05) is 6.92 Å². The van der Waals surface area contributed by atoms with Gasteiger partial charge >= 0.3 is 5.97 Å². The molecule has 0 radical (unpaired) electrons. The Kier molecular flexibility index (Phi) is 5.08. The van der Waals surface area contributed by atoms with Crippen LogP contribution in [0.25, 0.3) is 0 Å². The summed E-state index contributed by atoms with van der Waals surface area (Å²) in [7, 11) is 0. The number of carboxylic acid groups (broad SMARTS) is 1. The Morgan fingerprint density at radius 3 is 2.59 bits per heavy atom. The number of aryl methyl sites for hydroxylation is 2. The molecule has 1 aromatic rings. The van der Waals surface area contributed by atoms with Gasteiger partial charge in [-0.05, 0) is 27.3 Å². The van der Waals surface area contributed by atoms with E-state index < -0.39 is 5.97 Å². The Bertz CT molecular complexity index is 370. The predicted octanol–water partition coefficient (Wildman–Crippen LogP) is 2.45. The molecule has 0 aromatic carbocycles. The van der Waals surface area contributed by atoms with Crippen LogP contribution in [0.15, 0.2) is 0 Å². The fourth-order valence-corrected chi connectivity index (χ4v) is 2.70. The number of nitrogens with zero attached hydrogens (tertiary/aromatic N) is 2. The molecule has 0 bridgehead atoms. The van der Waals surface area contributed by atoms with Crippen LogP contribution in [-0.4, -0.2) is 33.5 Å². The van der Waals surface area contributed by atoms with Gasteiger partial charge in [0, 0.05) is 10.9 Å². The van der Waals surface area contributed by atoms with Crippen LogP contribution in [0.2, 0.25) is 0 Å². The number of rotatable bonds is 6. The summed E-state index contributed by atoms with van der Waals surface area (Å²) in [6.07, 6.45) is 0.178. The summed E-state index contributed by atoms with van der Waals surface area (Å²) in [6, 6.07) is 0.0435. The van der Waals surface area contributed by atoms with E-state index in [-0.39, 0.29) is 12.5 Å². The molecule has 0 fully saturated rings. The van der Waals surface area contributed by atoms with Gasteiger partial charge < -0.3 is 5.11 Å². The van der Waals surface area contributed by atoms with E-state index >= 15 is 0 Å². The molecule has 0 aliphatic carbocycles. The fraction of sp³-hybridized carbons (Fsp3) is 0.667. The number of aromatic nitrogens is 1. The molecule has 0 aliphatic rings. The van der Waals surface area contributed by atoms with Crippen molar-refractivity contribution < 1.29 is 9.90 Å². The highest BCUT2D eigenvalue weighted by Gasteiger charge is 2.17. The summed E-state index contributed by atoms with van der Waals surface area (Å²) < 4.78 is 0. The first-order chi connectivity index (χ1) is 7.93. The zero-order valence-corrected chi connectivity index (χ0v) is 11.7. The van der Waals surface area contributed by atoms with Crippen LogP contribution in [0.5, 0.6) is 0 Å². The molecule has 1 aromatic heterocycles. The SMILES string of the molecule is CCN(Cc1nc(C)c(C)s1)C(C)CC(=O)O. The first kappa shape index (κ1) is 14.1. The van der Waals surface area contributed by atoms with Gasteiger partial charge in [-0.15, -0.1) is 11.3 Å². The van der Waals surface area contributed by atoms with Crippen molar-refractivity contribution in [1.29, 1.82) is 0 Å². The highest BCUT2D eigenvalue weighted by atomic mass is 32.1. The standard InChI is InChI=1S/C12H20N2O2S/c1-5-14(8(2)6-12(15)16)7-11-13-9(3)10(4)17-11/h8H,5-7H2,1-4H3,(H,15,16). The van der Waals surface area contributed by atoms with Crippen molar-refractivity contribution in [2.24, 2.45) is 0 Å². The topological polar surface area (TPSA) is 53.4 Å². The molecular formula is C12H20N2O2S. The third-order valence-electron chi connectivity index (χ3n) is 2.91. The number of carbonyl (C=O) groups is 1. The molecule has 4 nitrogen and oxygen atoms in total. The monoisotopic (exact) mass is 256 g/mol. The molecule has 1 N–H and O–H groups in total. The molecule has 1 rings (SSSR count). The van der Waals surface area contributed by atoms with Crippen LogP contribution in [0.4, 0.5) is 0 Å². The lowest BCUT2D eigenvalue weighted by atomic mass is 10.2. The Balaban J connectivity index is 2.66. The molecule has 0 saturated carbocycles. The van der Waals surface area contributed by atoms with Crippen LogP contribution in [0.3, 0.4) is 0 Å². The molecule has 17 heavy (non-hydrogen) atoms. The quantitative estimate of drug-likeness (QED) is 0.849. The molecule has 1 heterocycles. The highest BCUT2D eigenvalue weighted by Crippen LogP contribution is 2.19. The Labute approximate surface area is 106 Å². The van der Waals surface area contributed by atoms with Gasteiger partial charge in [-0.2, -0.15) is 0 Å². The van der Waals surface area contributed by atoms with Crippen LogP contribution in [0.1, 0.15) is 35.8 Å². The van der Waals surface area contributed by atoms with E-state index in [0.29, 0.717) is 0 Å². The van der Waals surface area contributed by atoms with Crippen molar-refractivity contribution in [3.63, 3.8) is 0 Å². The third kappa shape index (κ3) is 4.09. The maximum atomic E-state index is 10.7. The van der Waals surface area contributed by atoms with Crippen molar-refractivity contribution in [1.82, 2.24) is 9.88 Å². The third-order valence-corrected chi connectivity index (χ3v) is 3.97. The molecule has 0 spiro atoms. The van der Waals surface area contributed by atoms with E-state index in [1.165, 1.54) is 4.88 Å². The van der Waals surface area contributed by atoms with E-state index in [1.807, 2.05) is 20.8 Å². The van der Waals surface area contributed by atoms with Gasteiger partial charge in [-0.25, -0.2) is 4.98 Å². The molecule has 96 valence electrons. The summed E-state index contributed by atoms with van der Waals surface area (Å²) in [5.41, 5.74) is 1.08. The minimum atomic E-state index is -0.748. The molecular weight excluding hydrogens is 236 g/mol. The zero-order valence-electron chi connectivity index (χ0n) is 10.9. The first-order valence-electron chi connectivity index (χ1n) is 5.82. The Morgan fingerprint density at radius 1 is 1.53 bits per heavy atom. The molecule has 1 unspecified atom stereocenters. The maximum absolute atomic E-state index is 10.7. The lowest BCUT2D eigenvalue weighted by molar-refractivity contribution is -0.138. The second-order valence-corrected chi connectivity index (χ2v) is 5.55. The molecule has 0 amide bonds. The summed E-state index contributed by atoms with van der Waals surface area (Å²) in [6.45, 7) is 9.65. The smallest absolute Gasteiger partial charge is 0.304 e. The highest BCUT2D eigenvalue weighted by molar-refractivity contribution is 7.11. The van der Waals surface area contributed by atoms with Gasteiger partial charge in [0.2, 0.25) is 0 Å². The number of carboxylic acids is 1. The molecule has 0 saturated heterocycles. The van der Waals surface area contributed by atoms with E-state index in [0.717, 1.165) is 23.8 Å². The number of hydrogen-bond donors (Lipinski definition) is 1. The number of thiazole rings is 1. The van der Waals surface area contributed by atoms with Crippen molar-refractivity contribution in [2.45, 2.75) is 46.7 Å². The van der Waals surface area contributed by atoms with Crippen LogP contribution in [0, 0.1) is 13.8 Å². The second-order valence-electron chi connectivity index (χ2n) is 4.26. The zero-order chi connectivity index (χ0) is 13.0. The normalized spacial score (nSPS) is 13.0. The second kappa shape index (κ2) is 6.12. The van der Waals surface area contributed by atoms with Gasteiger partial charge in [0.15, 0.2) is 0 Å². The van der Waals surface area contributed by atoms with E-state index in [1.54, 1.807) is 11.3 Å². The largest absolute Gasteiger partial charge is 0.481 e. The van der Waals surface area contributed by atoms with Crippen LogP contribution in [-0.2, 0) is 11.3 Å². The van der Waals surface area contributed by atoms with Gasteiger partial charge in [0.05, 0.1) is 18.7 Å². The van der Waals surface area contributed by atoms with Crippen LogP contribution >= 0.6 is 11.3 Å². The lowest BCUT2D eigenvalue weighted by Crippen LogP contribution is -2.34. The maximum Gasteiger partial charge on any atom is 0.304 e. The van der Waals surface area contributed by atoms with Crippen LogP contribution < -0.4 is 0 Å². The average Bonchev–Trinajstić information content (AvgIpc) is 2.53. The minimum Gasteiger partial charge on any atom is -0.481 e. The first-order valence-corrected chi connectivity index (χ1v) is 6.64. The molecule has 0 aliphatic heterocycles. The van der Waals surface area contributed by atoms with Gasteiger partial charge in [0.1, 0.15) is 5.01 Å². The Morgan fingerprint density at radius 2 is 2.18 bits per heavy atom. The summed E-state index contributed by atoms with van der Waals surface area (Å²) in [4.78, 5) is 18.6. The summed E-state index contributed by atoms with van der Waals surface area (Å²) in [5.74, 6) is -0.748. The fourth-order valence-electron chi connectivity index (χ4n) is 1.74. The molecule has 1 atom stereocenters. The van der Waals surface area contributed by atoms with Crippen molar-refractivity contribution in [3.05, 3.63) is 15.6 Å². The Hall–Kier alpha value is -0.940. The summed E-state index contributed by atoms with van der Waals surface area (Å²) in [5, 5.41) is 9.87. The molecule has 5 heteroatoms. The van der Waals surface area contributed by atoms with Gasteiger partial charge in [0.25, 0.3) is 0 Å². The van der Waals surface area contributed by atoms with E-state index in [4.69, 9.17) is 5.11 Å². The summed E-state index contributed by atoms with van der Waals surface area (Å²) >= 11 is 1.69. The number of aliphatic carboxylic acids is 1. The predicted molar refractivity (Wildman–Crippen MR) is 69.4 cm³/mol. The van der Waals surface area contributed by atoms with Crippen molar-refractivity contribution in [3.8, 4) is 0 Å². The average molecular weight is 256 g/mol. The minimum absolute atomic E-state index is 0.0435. The van der Waals surface area contributed by atoms with E-state index in [9.17, 15) is 4.79 Å². The van der Waals surface area contributed by atoms with E-state index in [2.05, 4.69) is 16.8 Å². The van der Waals surface area contributed by atoms with Crippen molar-refractivity contribution in [2.75, 3.05) is 6.54 Å².